The van der Waals surface area contributed by atoms with Crippen LogP contribution in [0.1, 0.15) is 61.3 Å². The largest absolute Gasteiger partial charge is 0.391 e. The van der Waals surface area contributed by atoms with Gasteiger partial charge in [0.05, 0.1) is 34.7 Å². The second kappa shape index (κ2) is 8.17. The number of rotatable bonds is 5. The molecule has 1 aliphatic carbocycles. The SMILES string of the molecule is O=C(CCC1(O)CCCC(C(F)(F)F)C1)c1cn(C2CCOC2)c2cccc(Cl)c12. The highest BCUT2D eigenvalue weighted by atomic mass is 35.5. The van der Waals surface area contributed by atoms with Crippen LogP contribution >= 0.6 is 11.6 Å². The van der Waals surface area contributed by atoms with Crippen LogP contribution in [0.25, 0.3) is 10.9 Å². The summed E-state index contributed by atoms with van der Waals surface area (Å²) < 4.78 is 46.8. The highest BCUT2D eigenvalue weighted by Crippen LogP contribution is 2.43. The minimum absolute atomic E-state index is 0.0160. The van der Waals surface area contributed by atoms with Gasteiger partial charge in [0.1, 0.15) is 0 Å². The van der Waals surface area contributed by atoms with Crippen molar-refractivity contribution in [2.24, 2.45) is 5.92 Å². The summed E-state index contributed by atoms with van der Waals surface area (Å²) in [5.74, 6) is -1.72. The molecule has 8 heteroatoms. The van der Waals surface area contributed by atoms with Crippen molar-refractivity contribution in [1.29, 1.82) is 0 Å². The van der Waals surface area contributed by atoms with Crippen molar-refractivity contribution in [1.82, 2.24) is 4.57 Å². The molecular weight excluding hydrogens is 419 g/mol. The topological polar surface area (TPSA) is 51.5 Å². The first-order chi connectivity index (χ1) is 14.2. The summed E-state index contributed by atoms with van der Waals surface area (Å²) in [7, 11) is 0. The minimum Gasteiger partial charge on any atom is -0.390 e. The standard InChI is InChI=1S/C22H25ClF3NO3/c23-17-4-1-5-18-20(17)16(12-27(18)15-7-10-30-13-15)19(28)6-9-21(29)8-2-3-14(11-21)22(24,25)26/h1,4-5,12,14-15,29H,2-3,6-11,13H2. The molecule has 0 radical (unpaired) electrons. The number of ether oxygens (including phenoxy) is 1. The number of carbonyl (C=O) groups is 1. The van der Waals surface area contributed by atoms with E-state index >= 15 is 0 Å². The van der Waals surface area contributed by atoms with E-state index in [4.69, 9.17) is 16.3 Å². The van der Waals surface area contributed by atoms with E-state index in [1.54, 1.807) is 12.3 Å². The third-order valence-corrected chi connectivity index (χ3v) is 6.82. The second-order valence-corrected chi connectivity index (χ2v) is 8.99. The van der Waals surface area contributed by atoms with Crippen LogP contribution in [-0.2, 0) is 4.74 Å². The van der Waals surface area contributed by atoms with Crippen molar-refractivity contribution in [3.63, 3.8) is 0 Å². The second-order valence-electron chi connectivity index (χ2n) is 8.58. The first-order valence-corrected chi connectivity index (χ1v) is 10.7. The van der Waals surface area contributed by atoms with Gasteiger partial charge in [0.25, 0.3) is 0 Å². The lowest BCUT2D eigenvalue weighted by molar-refractivity contribution is -0.201. The van der Waals surface area contributed by atoms with Gasteiger partial charge in [0.15, 0.2) is 5.78 Å². The summed E-state index contributed by atoms with van der Waals surface area (Å²) in [4.78, 5) is 13.1. The van der Waals surface area contributed by atoms with E-state index in [2.05, 4.69) is 0 Å². The molecule has 1 saturated heterocycles. The molecule has 1 aromatic heterocycles. The predicted octanol–water partition coefficient (Wildman–Crippen LogP) is 5.70. The zero-order chi connectivity index (χ0) is 21.5. The molecule has 3 atom stereocenters. The molecule has 4 nitrogen and oxygen atoms in total. The molecule has 1 aromatic carbocycles. The average Bonchev–Trinajstić information content (AvgIpc) is 3.34. The summed E-state index contributed by atoms with van der Waals surface area (Å²) in [6.07, 6.45) is -1.42. The number of aliphatic hydroxyl groups is 1. The van der Waals surface area contributed by atoms with Crippen LogP contribution < -0.4 is 0 Å². The van der Waals surface area contributed by atoms with E-state index in [0.717, 1.165) is 11.9 Å². The van der Waals surface area contributed by atoms with E-state index in [-0.39, 0.29) is 43.9 Å². The molecule has 30 heavy (non-hydrogen) atoms. The number of aromatic nitrogens is 1. The van der Waals surface area contributed by atoms with Gasteiger partial charge in [0.2, 0.25) is 0 Å². The predicted molar refractivity (Wildman–Crippen MR) is 108 cm³/mol. The minimum atomic E-state index is -4.32. The molecule has 0 bridgehead atoms. The van der Waals surface area contributed by atoms with Crippen LogP contribution in [-0.4, -0.2) is 40.4 Å². The number of halogens is 4. The van der Waals surface area contributed by atoms with Gasteiger partial charge in [-0.25, -0.2) is 0 Å². The van der Waals surface area contributed by atoms with Crippen LogP contribution in [0.5, 0.6) is 0 Å². The van der Waals surface area contributed by atoms with Crippen LogP contribution in [0.2, 0.25) is 5.02 Å². The molecule has 4 rings (SSSR count). The highest BCUT2D eigenvalue weighted by molar-refractivity contribution is 6.37. The highest BCUT2D eigenvalue weighted by Gasteiger charge is 2.46. The first-order valence-electron chi connectivity index (χ1n) is 10.4. The van der Waals surface area contributed by atoms with Gasteiger partial charge in [-0.3, -0.25) is 4.79 Å². The lowest BCUT2D eigenvalue weighted by atomic mass is 9.75. The van der Waals surface area contributed by atoms with E-state index in [1.165, 1.54) is 0 Å². The van der Waals surface area contributed by atoms with Crippen molar-refractivity contribution in [3.05, 3.63) is 35.0 Å². The number of hydrogen-bond acceptors (Lipinski definition) is 3. The monoisotopic (exact) mass is 443 g/mol. The Morgan fingerprint density at radius 1 is 1.33 bits per heavy atom. The van der Waals surface area contributed by atoms with Gasteiger partial charge >= 0.3 is 6.18 Å². The zero-order valence-electron chi connectivity index (χ0n) is 16.6. The third-order valence-electron chi connectivity index (χ3n) is 6.51. The van der Waals surface area contributed by atoms with E-state index in [1.807, 2.05) is 16.7 Å². The third kappa shape index (κ3) is 4.25. The molecular formula is C22H25ClF3NO3. The Morgan fingerprint density at radius 2 is 2.13 bits per heavy atom. The van der Waals surface area contributed by atoms with Gasteiger partial charge in [0, 0.05) is 30.2 Å². The molecule has 2 aliphatic rings. The zero-order valence-corrected chi connectivity index (χ0v) is 17.3. The fraction of sp³-hybridized carbons (Fsp3) is 0.591. The van der Waals surface area contributed by atoms with Gasteiger partial charge in [-0.1, -0.05) is 17.7 Å². The Hall–Kier alpha value is -1.57. The number of fused-ring (bicyclic) bond motifs is 1. The van der Waals surface area contributed by atoms with E-state index < -0.39 is 17.7 Å². The Morgan fingerprint density at radius 3 is 2.83 bits per heavy atom. The van der Waals surface area contributed by atoms with Crippen LogP contribution in [0.4, 0.5) is 13.2 Å². The molecule has 2 fully saturated rings. The Labute approximate surface area is 177 Å². The average molecular weight is 444 g/mol. The number of ketones is 1. The Bertz CT molecular complexity index is 936. The quantitative estimate of drug-likeness (QED) is 0.603. The van der Waals surface area contributed by atoms with Gasteiger partial charge in [-0.05, 0) is 50.7 Å². The number of carbonyl (C=O) groups excluding carboxylic acids is 1. The van der Waals surface area contributed by atoms with Crippen LogP contribution in [0.3, 0.4) is 0 Å². The molecule has 1 saturated carbocycles. The number of alkyl halides is 3. The Kier molecular flexibility index (Phi) is 5.90. The molecule has 164 valence electrons. The molecule has 3 unspecified atom stereocenters. The fourth-order valence-corrected chi connectivity index (χ4v) is 5.12. The number of benzene rings is 1. The maximum Gasteiger partial charge on any atom is 0.391 e. The summed E-state index contributed by atoms with van der Waals surface area (Å²) in [6, 6.07) is 5.56. The number of hydrogen-bond donors (Lipinski definition) is 1. The van der Waals surface area contributed by atoms with Gasteiger partial charge in [-0.15, -0.1) is 0 Å². The van der Waals surface area contributed by atoms with E-state index in [0.29, 0.717) is 35.6 Å². The molecule has 2 aromatic rings. The summed E-state index contributed by atoms with van der Waals surface area (Å²) in [5, 5.41) is 11.9. The van der Waals surface area contributed by atoms with Crippen molar-refractivity contribution >= 4 is 28.3 Å². The van der Waals surface area contributed by atoms with Crippen LogP contribution in [0.15, 0.2) is 24.4 Å². The maximum atomic E-state index is 13.1. The lowest BCUT2D eigenvalue weighted by Gasteiger charge is -2.37. The number of Topliss-reactive ketones (excluding diaryl/α,β-unsaturated/α-hetero) is 1. The van der Waals surface area contributed by atoms with Crippen molar-refractivity contribution < 1.29 is 27.8 Å². The first kappa shape index (κ1) is 21.7. The molecule has 1 N–H and O–H groups in total. The Balaban J connectivity index is 1.55. The molecule has 0 amide bonds. The van der Waals surface area contributed by atoms with E-state index in [9.17, 15) is 23.1 Å². The van der Waals surface area contributed by atoms with Gasteiger partial charge in [-0.2, -0.15) is 13.2 Å². The normalized spacial score (nSPS) is 27.6. The summed E-state index contributed by atoms with van der Waals surface area (Å²) >= 11 is 6.40. The fourth-order valence-electron chi connectivity index (χ4n) is 4.85. The molecule has 0 spiro atoms. The maximum absolute atomic E-state index is 13.1. The van der Waals surface area contributed by atoms with Crippen molar-refractivity contribution in [2.75, 3.05) is 13.2 Å². The van der Waals surface area contributed by atoms with Crippen molar-refractivity contribution in [2.45, 2.75) is 62.8 Å². The van der Waals surface area contributed by atoms with Crippen LogP contribution in [0, 0.1) is 5.92 Å². The summed E-state index contributed by atoms with van der Waals surface area (Å²) in [5.41, 5.74) is -0.167. The summed E-state index contributed by atoms with van der Waals surface area (Å²) in [6.45, 7) is 1.21. The van der Waals surface area contributed by atoms with Gasteiger partial charge < -0.3 is 14.4 Å². The number of nitrogens with zero attached hydrogens (tertiary/aromatic N) is 1. The molecule has 1 aliphatic heterocycles. The lowest BCUT2D eigenvalue weighted by Crippen LogP contribution is -2.40. The van der Waals surface area contributed by atoms with Crippen molar-refractivity contribution in [3.8, 4) is 0 Å². The smallest absolute Gasteiger partial charge is 0.390 e. The molecule has 2 heterocycles.